The predicted octanol–water partition coefficient (Wildman–Crippen LogP) is 5.40. The number of anilines is 2. The second-order valence-electron chi connectivity index (χ2n) is 8.71. The molecule has 3 N–H and O–H groups in total. The highest BCUT2D eigenvalue weighted by molar-refractivity contribution is 6.34. The highest BCUT2D eigenvalue weighted by Gasteiger charge is 2.56. The van der Waals surface area contributed by atoms with Crippen molar-refractivity contribution in [1.29, 1.82) is 0 Å². The molecular formula is C26H20Cl2F4N2O5. The summed E-state index contributed by atoms with van der Waals surface area (Å²) in [4.78, 5) is 27.2. The second kappa shape index (κ2) is 10.6. The van der Waals surface area contributed by atoms with Crippen molar-refractivity contribution in [3.63, 3.8) is 0 Å². The number of aliphatic hydroxyl groups excluding tert-OH is 1. The molecule has 3 aromatic rings. The zero-order chi connectivity index (χ0) is 28.7. The van der Waals surface area contributed by atoms with Gasteiger partial charge in [0, 0.05) is 29.1 Å². The van der Waals surface area contributed by atoms with E-state index in [1.807, 2.05) is 0 Å². The first-order valence-corrected chi connectivity index (χ1v) is 12.1. The van der Waals surface area contributed by atoms with Crippen molar-refractivity contribution in [3.05, 3.63) is 86.9 Å². The highest BCUT2D eigenvalue weighted by atomic mass is 35.5. The van der Waals surface area contributed by atoms with Gasteiger partial charge < -0.3 is 25.2 Å². The number of carbonyl (C=O) groups excluding carboxylic acids is 2. The standard InChI is InChI=1S/C26H20Cl2F4N2O5/c1-39-22-8-13(2-4-20(22)33-23(36)15-10-18(29)19(30)11-17(15)28)24(37)34-7-6-26(31,32)25(38,12-35)16-9-14(27)3-5-21(16)34/h2-5,8-11,35,38H,6-7,12H2,1H3,(H,33,36)/t25-/m0/s1. The zero-order valence-corrected chi connectivity index (χ0v) is 21.6. The molecule has 0 aromatic heterocycles. The number of aliphatic hydroxyl groups is 2. The van der Waals surface area contributed by atoms with Gasteiger partial charge in [-0.25, -0.2) is 17.6 Å². The van der Waals surface area contributed by atoms with E-state index >= 15 is 0 Å². The van der Waals surface area contributed by atoms with Gasteiger partial charge >= 0.3 is 0 Å². The third kappa shape index (κ3) is 5.14. The van der Waals surface area contributed by atoms with Crippen LogP contribution in [0.15, 0.2) is 48.5 Å². The lowest BCUT2D eigenvalue weighted by Gasteiger charge is -2.33. The maximum Gasteiger partial charge on any atom is 0.284 e. The smallest absolute Gasteiger partial charge is 0.284 e. The minimum Gasteiger partial charge on any atom is -0.495 e. The van der Waals surface area contributed by atoms with Crippen molar-refractivity contribution in [2.45, 2.75) is 17.9 Å². The minimum absolute atomic E-state index is 0.00799. The van der Waals surface area contributed by atoms with Crippen LogP contribution in [0.25, 0.3) is 0 Å². The number of benzene rings is 3. The molecule has 1 heterocycles. The van der Waals surface area contributed by atoms with Crippen LogP contribution < -0.4 is 15.0 Å². The van der Waals surface area contributed by atoms with Crippen LogP contribution in [-0.4, -0.2) is 48.2 Å². The average Bonchev–Trinajstić information content (AvgIpc) is 2.98. The zero-order valence-electron chi connectivity index (χ0n) is 20.1. The Morgan fingerprint density at radius 1 is 1.08 bits per heavy atom. The Morgan fingerprint density at radius 3 is 2.44 bits per heavy atom. The van der Waals surface area contributed by atoms with Crippen LogP contribution >= 0.6 is 23.2 Å². The number of nitrogens with zero attached hydrogens (tertiary/aromatic N) is 1. The Balaban J connectivity index is 1.69. The number of rotatable bonds is 5. The SMILES string of the molecule is COc1cc(C(=O)N2CCC(F)(F)[C@](O)(CO)c3cc(Cl)ccc32)ccc1NC(=O)c1cc(F)c(F)cc1Cl. The number of halogens is 6. The summed E-state index contributed by atoms with van der Waals surface area (Å²) in [5, 5.41) is 22.6. The number of hydrogen-bond acceptors (Lipinski definition) is 5. The quantitative estimate of drug-likeness (QED) is 0.275. The van der Waals surface area contributed by atoms with Crippen molar-refractivity contribution in [2.24, 2.45) is 0 Å². The molecule has 1 atom stereocenters. The summed E-state index contributed by atoms with van der Waals surface area (Å²) in [7, 11) is 1.24. The van der Waals surface area contributed by atoms with Gasteiger partial charge in [0.05, 0.1) is 35.7 Å². The fraction of sp³-hybridized carbons (Fsp3) is 0.231. The molecule has 0 aliphatic carbocycles. The van der Waals surface area contributed by atoms with E-state index in [0.717, 1.165) is 11.0 Å². The molecule has 206 valence electrons. The Hall–Kier alpha value is -3.38. The van der Waals surface area contributed by atoms with Crippen LogP contribution in [0.5, 0.6) is 5.75 Å². The summed E-state index contributed by atoms with van der Waals surface area (Å²) < 4.78 is 62.2. The Bertz CT molecular complexity index is 1470. The molecule has 0 unspecified atom stereocenters. The molecule has 13 heteroatoms. The molecule has 0 spiro atoms. The van der Waals surface area contributed by atoms with Crippen molar-refractivity contribution < 1.29 is 42.1 Å². The van der Waals surface area contributed by atoms with Gasteiger partial charge in [-0.15, -0.1) is 0 Å². The number of ether oxygens (including phenoxy) is 1. The third-order valence-electron chi connectivity index (χ3n) is 6.37. The summed E-state index contributed by atoms with van der Waals surface area (Å²) in [6.45, 7) is -1.84. The number of alkyl halides is 2. The number of carbonyl (C=O) groups is 2. The summed E-state index contributed by atoms with van der Waals surface area (Å²) in [6.07, 6.45) is -0.970. The normalized spacial score (nSPS) is 18.2. The Kier molecular flexibility index (Phi) is 7.82. The Labute approximate surface area is 229 Å². The van der Waals surface area contributed by atoms with E-state index in [9.17, 15) is 37.4 Å². The lowest BCUT2D eigenvalue weighted by atomic mass is 9.86. The van der Waals surface area contributed by atoms with Crippen LogP contribution in [0.2, 0.25) is 10.0 Å². The lowest BCUT2D eigenvalue weighted by molar-refractivity contribution is -0.205. The van der Waals surface area contributed by atoms with E-state index < -0.39 is 60.1 Å². The van der Waals surface area contributed by atoms with Gasteiger partial charge in [0.15, 0.2) is 17.2 Å². The molecule has 0 saturated heterocycles. The van der Waals surface area contributed by atoms with E-state index in [1.165, 1.54) is 37.4 Å². The fourth-order valence-corrected chi connectivity index (χ4v) is 4.64. The van der Waals surface area contributed by atoms with Crippen LogP contribution in [-0.2, 0) is 5.60 Å². The molecule has 4 rings (SSSR count). The molecule has 2 amide bonds. The highest BCUT2D eigenvalue weighted by Crippen LogP contribution is 2.47. The van der Waals surface area contributed by atoms with Crippen LogP contribution in [0.4, 0.5) is 28.9 Å². The molecule has 39 heavy (non-hydrogen) atoms. The van der Waals surface area contributed by atoms with E-state index in [0.29, 0.717) is 12.1 Å². The van der Waals surface area contributed by atoms with Gasteiger partial charge in [0.1, 0.15) is 5.75 Å². The van der Waals surface area contributed by atoms with Crippen LogP contribution in [0, 0.1) is 11.6 Å². The van der Waals surface area contributed by atoms with E-state index in [-0.39, 0.29) is 38.3 Å². The molecule has 0 fully saturated rings. The summed E-state index contributed by atoms with van der Waals surface area (Å²) in [5.74, 6) is -7.98. The topological polar surface area (TPSA) is 99.1 Å². The van der Waals surface area contributed by atoms with Crippen molar-refractivity contribution in [3.8, 4) is 5.75 Å². The minimum atomic E-state index is -3.80. The predicted molar refractivity (Wildman–Crippen MR) is 136 cm³/mol. The number of nitrogens with one attached hydrogen (secondary N) is 1. The van der Waals surface area contributed by atoms with Gasteiger partial charge in [-0.2, -0.15) is 0 Å². The van der Waals surface area contributed by atoms with Crippen LogP contribution in [0.3, 0.4) is 0 Å². The second-order valence-corrected chi connectivity index (χ2v) is 9.55. The lowest BCUT2D eigenvalue weighted by Crippen LogP contribution is -2.48. The molecule has 0 radical (unpaired) electrons. The molecule has 1 aliphatic heterocycles. The molecule has 1 aliphatic rings. The van der Waals surface area contributed by atoms with Crippen molar-refractivity contribution in [2.75, 3.05) is 30.5 Å². The largest absolute Gasteiger partial charge is 0.495 e. The van der Waals surface area contributed by atoms with Gasteiger partial charge in [-0.1, -0.05) is 23.2 Å². The maximum atomic E-state index is 15.0. The molecule has 3 aromatic carbocycles. The first-order chi connectivity index (χ1) is 18.3. The third-order valence-corrected chi connectivity index (χ3v) is 6.92. The molecular weight excluding hydrogens is 567 g/mol. The van der Waals surface area contributed by atoms with Gasteiger partial charge in [-0.3, -0.25) is 9.59 Å². The molecule has 7 nitrogen and oxygen atoms in total. The van der Waals surface area contributed by atoms with Gasteiger partial charge in [-0.05, 0) is 48.5 Å². The first-order valence-electron chi connectivity index (χ1n) is 11.3. The number of hydrogen-bond donors (Lipinski definition) is 3. The summed E-state index contributed by atoms with van der Waals surface area (Å²) >= 11 is 11.8. The van der Waals surface area contributed by atoms with E-state index in [1.54, 1.807) is 0 Å². The van der Waals surface area contributed by atoms with Gasteiger partial charge in [0.2, 0.25) is 0 Å². The first kappa shape index (κ1) is 28.6. The fourth-order valence-electron chi connectivity index (χ4n) is 4.23. The maximum absolute atomic E-state index is 15.0. The van der Waals surface area contributed by atoms with E-state index in [4.69, 9.17) is 27.9 Å². The number of fused-ring (bicyclic) bond motifs is 1. The van der Waals surface area contributed by atoms with Gasteiger partial charge in [0.25, 0.3) is 17.7 Å². The Morgan fingerprint density at radius 2 is 1.77 bits per heavy atom. The van der Waals surface area contributed by atoms with E-state index in [2.05, 4.69) is 5.32 Å². The molecule has 0 saturated carbocycles. The monoisotopic (exact) mass is 586 g/mol. The number of amides is 2. The van der Waals surface area contributed by atoms with Crippen LogP contribution in [0.1, 0.15) is 32.7 Å². The summed E-state index contributed by atoms with van der Waals surface area (Å²) in [5.41, 5.74) is -3.83. The van der Waals surface area contributed by atoms with Crippen molar-refractivity contribution >= 4 is 46.4 Å². The number of methoxy groups -OCH3 is 1. The summed E-state index contributed by atoms with van der Waals surface area (Å²) in [6, 6.07) is 8.79. The van der Waals surface area contributed by atoms with Crippen molar-refractivity contribution in [1.82, 2.24) is 0 Å². The molecule has 0 bridgehead atoms. The average molecular weight is 587 g/mol.